The first-order valence-corrected chi connectivity index (χ1v) is 10.8. The van der Waals surface area contributed by atoms with Crippen molar-refractivity contribution in [2.45, 2.75) is 26.2 Å². The molecule has 0 bridgehead atoms. The lowest BCUT2D eigenvalue weighted by Gasteiger charge is -2.23. The summed E-state index contributed by atoms with van der Waals surface area (Å²) in [6.07, 6.45) is 4.71. The van der Waals surface area contributed by atoms with Crippen molar-refractivity contribution >= 4 is 35.6 Å². The number of ether oxygens (including phenoxy) is 1. The van der Waals surface area contributed by atoms with Gasteiger partial charge in [0.2, 0.25) is 0 Å². The number of benzene rings is 1. The minimum absolute atomic E-state index is 0. The van der Waals surface area contributed by atoms with Crippen LogP contribution in [0.4, 0.5) is 5.69 Å². The van der Waals surface area contributed by atoms with E-state index in [0.29, 0.717) is 5.92 Å². The third kappa shape index (κ3) is 8.55. The highest BCUT2D eigenvalue weighted by molar-refractivity contribution is 14.0. The highest BCUT2D eigenvalue weighted by Gasteiger charge is 2.15. The number of furan rings is 1. The molecule has 1 aromatic carbocycles. The molecule has 1 aliphatic heterocycles. The van der Waals surface area contributed by atoms with Crippen LogP contribution in [0.1, 0.15) is 25.5 Å². The van der Waals surface area contributed by atoms with E-state index in [1.165, 1.54) is 5.69 Å². The summed E-state index contributed by atoms with van der Waals surface area (Å²) in [5, 5.41) is 6.94. The molecule has 6 nitrogen and oxygen atoms in total. The Balaban J connectivity index is 0.00000320. The van der Waals surface area contributed by atoms with Gasteiger partial charge in [-0.15, -0.1) is 24.0 Å². The number of nitrogens with zero attached hydrogens (tertiary/aromatic N) is 2. The summed E-state index contributed by atoms with van der Waals surface area (Å²) in [6, 6.07) is 14.5. The van der Waals surface area contributed by atoms with Crippen molar-refractivity contribution in [3.8, 4) is 0 Å². The van der Waals surface area contributed by atoms with Crippen LogP contribution in [-0.2, 0) is 11.2 Å². The third-order valence-corrected chi connectivity index (χ3v) is 5.18. The van der Waals surface area contributed by atoms with Crippen LogP contribution in [0, 0.1) is 5.92 Å². The molecule has 0 amide bonds. The topological polar surface area (TPSA) is 62.0 Å². The number of para-hydroxylation sites is 1. The van der Waals surface area contributed by atoms with E-state index < -0.39 is 0 Å². The Kier molecular flexibility index (Phi) is 11.7. The Bertz CT molecular complexity index is 703. The molecule has 0 saturated carbocycles. The van der Waals surface area contributed by atoms with E-state index in [2.05, 4.69) is 52.8 Å². The van der Waals surface area contributed by atoms with Crippen LogP contribution in [-0.4, -0.2) is 51.9 Å². The van der Waals surface area contributed by atoms with Gasteiger partial charge >= 0.3 is 0 Å². The van der Waals surface area contributed by atoms with Gasteiger partial charge in [0.15, 0.2) is 5.96 Å². The highest BCUT2D eigenvalue weighted by Crippen LogP contribution is 2.13. The molecule has 0 aliphatic carbocycles. The fraction of sp³-hybridized carbons (Fsp3) is 0.522. The van der Waals surface area contributed by atoms with E-state index in [4.69, 9.17) is 14.1 Å². The molecule has 1 atom stereocenters. The van der Waals surface area contributed by atoms with Crippen LogP contribution in [0.5, 0.6) is 0 Å². The molecule has 0 spiro atoms. The van der Waals surface area contributed by atoms with Gasteiger partial charge in [0.05, 0.1) is 12.9 Å². The van der Waals surface area contributed by atoms with E-state index >= 15 is 0 Å². The highest BCUT2D eigenvalue weighted by atomic mass is 127. The average Bonchev–Trinajstić information content (AvgIpc) is 3.46. The summed E-state index contributed by atoms with van der Waals surface area (Å²) in [5.74, 6) is 2.40. The van der Waals surface area contributed by atoms with Gasteiger partial charge in [0, 0.05) is 57.4 Å². The normalized spacial score (nSPS) is 16.2. The van der Waals surface area contributed by atoms with Gasteiger partial charge < -0.3 is 24.7 Å². The Morgan fingerprint density at radius 1 is 1.13 bits per heavy atom. The fourth-order valence-corrected chi connectivity index (χ4v) is 3.47. The van der Waals surface area contributed by atoms with Crippen LogP contribution < -0.4 is 15.5 Å². The minimum atomic E-state index is 0. The van der Waals surface area contributed by atoms with Crippen LogP contribution in [0.25, 0.3) is 0 Å². The van der Waals surface area contributed by atoms with Crippen molar-refractivity contribution in [1.29, 1.82) is 0 Å². The van der Waals surface area contributed by atoms with Crippen molar-refractivity contribution in [2.75, 3.05) is 50.8 Å². The van der Waals surface area contributed by atoms with Gasteiger partial charge in [-0.2, -0.15) is 0 Å². The quantitative estimate of drug-likeness (QED) is 0.201. The number of nitrogens with one attached hydrogen (secondary N) is 2. The maximum Gasteiger partial charge on any atom is 0.191 e. The number of halogens is 1. The zero-order valence-corrected chi connectivity index (χ0v) is 20.2. The number of hydrogen-bond acceptors (Lipinski definition) is 4. The van der Waals surface area contributed by atoms with Gasteiger partial charge in [-0.1, -0.05) is 18.2 Å². The molecule has 7 heteroatoms. The molecule has 2 N–H and O–H groups in total. The van der Waals surface area contributed by atoms with E-state index in [1.807, 2.05) is 12.1 Å². The Morgan fingerprint density at radius 3 is 2.67 bits per heavy atom. The first-order valence-electron chi connectivity index (χ1n) is 10.8. The predicted octanol–water partition coefficient (Wildman–Crippen LogP) is 3.93. The first-order chi connectivity index (χ1) is 14.3. The number of hydrogen-bond donors (Lipinski definition) is 2. The van der Waals surface area contributed by atoms with Gasteiger partial charge in [-0.25, -0.2) is 0 Å². The van der Waals surface area contributed by atoms with Crippen molar-refractivity contribution in [3.05, 3.63) is 54.5 Å². The van der Waals surface area contributed by atoms with Crippen molar-refractivity contribution < 1.29 is 9.15 Å². The third-order valence-electron chi connectivity index (χ3n) is 5.18. The molecule has 2 aromatic rings. The van der Waals surface area contributed by atoms with Crippen LogP contribution in [0.3, 0.4) is 0 Å². The lowest BCUT2D eigenvalue weighted by Crippen LogP contribution is -2.40. The van der Waals surface area contributed by atoms with Crippen molar-refractivity contribution in [2.24, 2.45) is 10.9 Å². The SMILES string of the molecule is CCN(CCCNC(=NCC1CCOC1)NCCc1ccco1)c1ccccc1.I. The molecule has 166 valence electrons. The smallest absolute Gasteiger partial charge is 0.191 e. The van der Waals surface area contributed by atoms with Gasteiger partial charge in [-0.3, -0.25) is 4.99 Å². The summed E-state index contributed by atoms with van der Waals surface area (Å²) in [7, 11) is 0. The number of rotatable bonds is 11. The van der Waals surface area contributed by atoms with E-state index in [-0.39, 0.29) is 24.0 Å². The van der Waals surface area contributed by atoms with Crippen LogP contribution in [0.2, 0.25) is 0 Å². The van der Waals surface area contributed by atoms with Gasteiger partial charge in [-0.05, 0) is 44.0 Å². The van der Waals surface area contributed by atoms with Crippen LogP contribution >= 0.6 is 24.0 Å². The van der Waals surface area contributed by atoms with Gasteiger partial charge in [0.25, 0.3) is 0 Å². The number of guanidine groups is 1. The summed E-state index contributed by atoms with van der Waals surface area (Å²) >= 11 is 0. The predicted molar refractivity (Wildman–Crippen MR) is 134 cm³/mol. The molecule has 1 aliphatic rings. The van der Waals surface area contributed by atoms with Crippen molar-refractivity contribution in [1.82, 2.24) is 10.6 Å². The standard InChI is InChI=1S/C23H34N4O2.HI/c1-2-27(21-8-4-3-5-9-21)15-7-13-24-23(26-18-20-12-17-28-19-20)25-14-11-22-10-6-16-29-22;/h3-6,8-10,16,20H,2,7,11-15,17-19H2,1H3,(H2,24,25,26);1H. The molecule has 2 heterocycles. The molecule has 1 saturated heterocycles. The maximum absolute atomic E-state index is 5.47. The number of anilines is 1. The molecular weight excluding hydrogens is 491 g/mol. The molecule has 1 unspecified atom stereocenters. The minimum Gasteiger partial charge on any atom is -0.469 e. The lowest BCUT2D eigenvalue weighted by molar-refractivity contribution is 0.187. The van der Waals surface area contributed by atoms with E-state index in [0.717, 1.165) is 76.9 Å². The lowest BCUT2D eigenvalue weighted by atomic mass is 10.1. The second kappa shape index (κ2) is 14.3. The summed E-state index contributed by atoms with van der Waals surface area (Å²) < 4.78 is 10.9. The zero-order valence-electron chi connectivity index (χ0n) is 17.9. The monoisotopic (exact) mass is 526 g/mol. The molecule has 0 radical (unpaired) electrons. The summed E-state index contributed by atoms with van der Waals surface area (Å²) in [5.41, 5.74) is 1.28. The Hall–Kier alpha value is -1.74. The molecule has 3 rings (SSSR count). The fourth-order valence-electron chi connectivity index (χ4n) is 3.47. The second-order valence-electron chi connectivity index (χ2n) is 7.37. The molecule has 30 heavy (non-hydrogen) atoms. The Labute approximate surface area is 197 Å². The average molecular weight is 526 g/mol. The molecule has 1 fully saturated rings. The zero-order chi connectivity index (χ0) is 20.2. The van der Waals surface area contributed by atoms with Crippen LogP contribution in [0.15, 0.2) is 58.1 Å². The second-order valence-corrected chi connectivity index (χ2v) is 7.37. The number of aliphatic imine (C=N–C) groups is 1. The van der Waals surface area contributed by atoms with E-state index in [9.17, 15) is 0 Å². The molecular formula is C23H35IN4O2. The maximum atomic E-state index is 5.47. The van der Waals surface area contributed by atoms with Gasteiger partial charge in [0.1, 0.15) is 5.76 Å². The van der Waals surface area contributed by atoms with E-state index in [1.54, 1.807) is 6.26 Å². The molecule has 1 aromatic heterocycles. The first kappa shape index (κ1) is 24.5. The Morgan fingerprint density at radius 2 is 1.97 bits per heavy atom. The summed E-state index contributed by atoms with van der Waals surface area (Å²) in [4.78, 5) is 7.19. The summed E-state index contributed by atoms with van der Waals surface area (Å²) in [6.45, 7) is 8.40. The largest absolute Gasteiger partial charge is 0.469 e. The van der Waals surface area contributed by atoms with Crippen molar-refractivity contribution in [3.63, 3.8) is 0 Å².